The first-order valence-electron chi connectivity index (χ1n) is 6.13. The number of aliphatic carboxylic acids is 1. The van der Waals surface area contributed by atoms with E-state index in [9.17, 15) is 4.79 Å². The number of piperidine rings is 1. The van der Waals surface area contributed by atoms with Crippen LogP contribution in [0.3, 0.4) is 0 Å². The topological polar surface area (TPSA) is 66.6 Å². The van der Waals surface area contributed by atoms with Gasteiger partial charge in [0.2, 0.25) is 0 Å². The van der Waals surface area contributed by atoms with Crippen LogP contribution in [-0.4, -0.2) is 33.0 Å². The minimum absolute atomic E-state index is 0.300. The summed E-state index contributed by atoms with van der Waals surface area (Å²) in [4.78, 5) is 15.3. The van der Waals surface area contributed by atoms with Crippen LogP contribution in [0.25, 0.3) is 5.65 Å². The quantitative estimate of drug-likeness (QED) is 0.835. The zero-order valence-corrected chi connectivity index (χ0v) is 9.91. The number of rotatable bonds is 2. The molecule has 0 aliphatic carbocycles. The highest BCUT2D eigenvalue weighted by Crippen LogP contribution is 2.28. The van der Waals surface area contributed by atoms with Crippen LogP contribution < -0.4 is 5.32 Å². The third-order valence-electron chi connectivity index (χ3n) is 3.60. The second-order valence-electron chi connectivity index (χ2n) is 4.72. The van der Waals surface area contributed by atoms with Crippen LogP contribution in [0, 0.1) is 0 Å². The summed E-state index contributed by atoms with van der Waals surface area (Å²) in [5, 5.41) is 12.1. The third kappa shape index (κ3) is 1.97. The van der Waals surface area contributed by atoms with Gasteiger partial charge in [-0.05, 0) is 43.0 Å². The Kier molecular flexibility index (Phi) is 2.76. The second-order valence-corrected chi connectivity index (χ2v) is 4.72. The Labute approximate surface area is 104 Å². The standard InChI is InChI=1S/C13H15N3O2/c17-13(18)11-7-9(1-3-14-11)10-2-5-16-6-4-15-12(16)8-10/h2,4-6,8-9,11,14H,1,3,7H2,(H,17,18). The first-order chi connectivity index (χ1) is 8.74. The number of nitrogens with one attached hydrogen (secondary N) is 1. The molecule has 0 bridgehead atoms. The molecular formula is C13H15N3O2. The maximum Gasteiger partial charge on any atom is 0.320 e. The van der Waals surface area contributed by atoms with E-state index in [1.807, 2.05) is 16.8 Å². The lowest BCUT2D eigenvalue weighted by Gasteiger charge is -2.28. The zero-order valence-electron chi connectivity index (χ0n) is 9.91. The number of pyridine rings is 1. The Hall–Kier alpha value is -1.88. The molecule has 0 spiro atoms. The molecule has 3 rings (SSSR count). The van der Waals surface area contributed by atoms with E-state index in [-0.39, 0.29) is 0 Å². The van der Waals surface area contributed by atoms with Gasteiger partial charge in [-0.2, -0.15) is 0 Å². The molecule has 1 aliphatic heterocycles. The molecule has 1 aliphatic rings. The molecule has 0 aromatic carbocycles. The van der Waals surface area contributed by atoms with Gasteiger partial charge in [-0.3, -0.25) is 4.79 Å². The fourth-order valence-corrected chi connectivity index (χ4v) is 2.59. The fourth-order valence-electron chi connectivity index (χ4n) is 2.59. The summed E-state index contributed by atoms with van der Waals surface area (Å²) in [5.74, 6) is -0.462. The number of hydrogen-bond donors (Lipinski definition) is 2. The first kappa shape index (κ1) is 11.2. The highest BCUT2D eigenvalue weighted by Gasteiger charge is 2.27. The lowest BCUT2D eigenvalue weighted by Crippen LogP contribution is -2.42. The van der Waals surface area contributed by atoms with E-state index in [4.69, 9.17) is 5.11 Å². The number of carboxylic acids is 1. The number of carbonyl (C=O) groups is 1. The molecule has 94 valence electrons. The van der Waals surface area contributed by atoms with Crippen LogP contribution in [0.4, 0.5) is 0 Å². The molecule has 2 aromatic rings. The lowest BCUT2D eigenvalue weighted by molar-refractivity contribution is -0.140. The van der Waals surface area contributed by atoms with Crippen LogP contribution in [0.15, 0.2) is 30.7 Å². The van der Waals surface area contributed by atoms with Crippen LogP contribution in [0.1, 0.15) is 24.3 Å². The SMILES string of the molecule is O=C(O)C1CC(c2ccn3ccnc3c2)CCN1. The van der Waals surface area contributed by atoms with Crippen molar-refractivity contribution in [1.29, 1.82) is 0 Å². The Balaban J connectivity index is 1.86. The summed E-state index contributed by atoms with van der Waals surface area (Å²) in [6, 6.07) is 3.68. The summed E-state index contributed by atoms with van der Waals surface area (Å²) in [6.07, 6.45) is 7.27. The zero-order chi connectivity index (χ0) is 12.5. The van der Waals surface area contributed by atoms with Gasteiger partial charge in [0, 0.05) is 18.6 Å². The van der Waals surface area contributed by atoms with Crippen LogP contribution >= 0.6 is 0 Å². The molecule has 5 heteroatoms. The van der Waals surface area contributed by atoms with Gasteiger partial charge in [0.05, 0.1) is 0 Å². The number of carboxylic acid groups (broad SMARTS) is 1. The van der Waals surface area contributed by atoms with Gasteiger partial charge < -0.3 is 14.8 Å². The molecule has 1 saturated heterocycles. The van der Waals surface area contributed by atoms with Gasteiger partial charge in [0.15, 0.2) is 0 Å². The predicted octanol–water partition coefficient (Wildman–Crippen LogP) is 1.25. The molecular weight excluding hydrogens is 230 g/mol. The van der Waals surface area contributed by atoms with Crippen molar-refractivity contribution in [2.24, 2.45) is 0 Å². The van der Waals surface area contributed by atoms with E-state index < -0.39 is 12.0 Å². The number of hydrogen-bond acceptors (Lipinski definition) is 3. The summed E-state index contributed by atoms with van der Waals surface area (Å²) in [6.45, 7) is 0.751. The Morgan fingerprint density at radius 2 is 2.39 bits per heavy atom. The maximum absolute atomic E-state index is 11.0. The van der Waals surface area contributed by atoms with E-state index in [0.717, 1.165) is 18.6 Å². The fraction of sp³-hybridized carbons (Fsp3) is 0.385. The molecule has 0 radical (unpaired) electrons. The maximum atomic E-state index is 11.0. The Bertz CT molecular complexity index is 578. The second kappa shape index (κ2) is 4.42. The molecule has 0 amide bonds. The number of imidazole rings is 1. The van der Waals surface area contributed by atoms with E-state index in [1.165, 1.54) is 5.56 Å². The van der Waals surface area contributed by atoms with Gasteiger partial charge in [-0.15, -0.1) is 0 Å². The molecule has 2 aromatic heterocycles. The minimum atomic E-state index is -0.762. The van der Waals surface area contributed by atoms with Crippen molar-refractivity contribution in [2.75, 3.05) is 6.54 Å². The van der Waals surface area contributed by atoms with Crippen LogP contribution in [0.2, 0.25) is 0 Å². The average molecular weight is 245 g/mol. The highest BCUT2D eigenvalue weighted by atomic mass is 16.4. The summed E-state index contributed by atoms with van der Waals surface area (Å²) in [5.41, 5.74) is 2.10. The highest BCUT2D eigenvalue weighted by molar-refractivity contribution is 5.73. The van der Waals surface area contributed by atoms with Gasteiger partial charge >= 0.3 is 5.97 Å². The van der Waals surface area contributed by atoms with Gasteiger partial charge in [0.25, 0.3) is 0 Å². The Morgan fingerprint density at radius 3 is 3.22 bits per heavy atom. The third-order valence-corrected chi connectivity index (χ3v) is 3.60. The van der Waals surface area contributed by atoms with Crippen molar-refractivity contribution in [2.45, 2.75) is 24.8 Å². The van der Waals surface area contributed by atoms with Crippen molar-refractivity contribution < 1.29 is 9.90 Å². The monoisotopic (exact) mass is 245 g/mol. The van der Waals surface area contributed by atoms with Crippen LogP contribution in [-0.2, 0) is 4.79 Å². The lowest BCUT2D eigenvalue weighted by atomic mass is 9.87. The number of aromatic nitrogens is 2. The normalized spacial score (nSPS) is 24.2. The van der Waals surface area contributed by atoms with E-state index in [0.29, 0.717) is 12.3 Å². The molecule has 0 saturated carbocycles. The molecule has 1 fully saturated rings. The van der Waals surface area contributed by atoms with Crippen molar-refractivity contribution >= 4 is 11.6 Å². The van der Waals surface area contributed by atoms with E-state index in [1.54, 1.807) is 6.20 Å². The van der Waals surface area contributed by atoms with Gasteiger partial charge in [-0.1, -0.05) is 0 Å². The average Bonchev–Trinajstić information content (AvgIpc) is 2.86. The molecule has 2 N–H and O–H groups in total. The number of fused-ring (bicyclic) bond motifs is 1. The van der Waals surface area contributed by atoms with Crippen molar-refractivity contribution in [3.63, 3.8) is 0 Å². The van der Waals surface area contributed by atoms with Crippen molar-refractivity contribution in [3.8, 4) is 0 Å². The molecule has 2 atom stereocenters. The minimum Gasteiger partial charge on any atom is -0.480 e. The molecule has 3 heterocycles. The van der Waals surface area contributed by atoms with E-state index in [2.05, 4.69) is 22.4 Å². The van der Waals surface area contributed by atoms with Crippen LogP contribution in [0.5, 0.6) is 0 Å². The van der Waals surface area contributed by atoms with Crippen molar-refractivity contribution in [3.05, 3.63) is 36.3 Å². The summed E-state index contributed by atoms with van der Waals surface area (Å²) < 4.78 is 1.96. The largest absolute Gasteiger partial charge is 0.480 e. The number of nitrogens with zero attached hydrogens (tertiary/aromatic N) is 2. The predicted molar refractivity (Wildman–Crippen MR) is 66.6 cm³/mol. The van der Waals surface area contributed by atoms with Crippen molar-refractivity contribution in [1.82, 2.24) is 14.7 Å². The molecule has 2 unspecified atom stereocenters. The smallest absolute Gasteiger partial charge is 0.320 e. The van der Waals surface area contributed by atoms with Gasteiger partial charge in [0.1, 0.15) is 11.7 Å². The van der Waals surface area contributed by atoms with Gasteiger partial charge in [-0.25, -0.2) is 4.98 Å². The van der Waals surface area contributed by atoms with E-state index >= 15 is 0 Å². The molecule has 18 heavy (non-hydrogen) atoms. The first-order valence-corrected chi connectivity index (χ1v) is 6.13. The summed E-state index contributed by atoms with van der Waals surface area (Å²) in [7, 11) is 0. The Morgan fingerprint density at radius 1 is 1.50 bits per heavy atom. The summed E-state index contributed by atoms with van der Waals surface area (Å²) >= 11 is 0. The molecule has 5 nitrogen and oxygen atoms in total.